The molecule has 0 aliphatic rings. The van der Waals surface area contributed by atoms with Crippen LogP contribution in [0.25, 0.3) is 22.9 Å². The number of hydrogen-bond acceptors (Lipinski definition) is 4. The van der Waals surface area contributed by atoms with Crippen LogP contribution in [0.2, 0.25) is 0 Å². The summed E-state index contributed by atoms with van der Waals surface area (Å²) < 4.78 is 28.0. The molecule has 27 heavy (non-hydrogen) atoms. The first-order valence-corrected chi connectivity index (χ1v) is 10.1. The molecule has 0 unspecified atom stereocenters. The fraction of sp³-hybridized carbons (Fsp3) is 0.182. The average molecular weight is 382 g/mol. The highest BCUT2D eigenvalue weighted by atomic mass is 31.2. The largest absolute Gasteiger partial charge is 0.529 e. The Labute approximate surface area is 160 Å². The van der Waals surface area contributed by atoms with Crippen LogP contribution in [0.1, 0.15) is 22.3 Å². The van der Waals surface area contributed by atoms with Gasteiger partial charge in [0.05, 0.1) is 0 Å². The quantitative estimate of drug-likeness (QED) is 0.365. The van der Waals surface area contributed by atoms with Crippen molar-refractivity contribution in [2.45, 2.75) is 13.8 Å². The SMILES string of the molecule is COP(=O)(OC)Oc1c(/C=C/c2ccc3ccccc3c2)ccc(C)c1C. The van der Waals surface area contributed by atoms with E-state index in [1.165, 1.54) is 25.0 Å². The van der Waals surface area contributed by atoms with Crippen molar-refractivity contribution in [1.29, 1.82) is 0 Å². The average Bonchev–Trinajstić information content (AvgIpc) is 2.70. The molecule has 0 fully saturated rings. The van der Waals surface area contributed by atoms with Crippen molar-refractivity contribution in [1.82, 2.24) is 0 Å². The first-order chi connectivity index (χ1) is 13.0. The highest BCUT2D eigenvalue weighted by Crippen LogP contribution is 2.50. The zero-order valence-corrected chi connectivity index (χ0v) is 16.8. The fourth-order valence-electron chi connectivity index (χ4n) is 2.82. The van der Waals surface area contributed by atoms with Gasteiger partial charge >= 0.3 is 7.82 Å². The van der Waals surface area contributed by atoms with Crippen LogP contribution in [0.15, 0.2) is 54.6 Å². The molecular formula is C22H23O4P. The van der Waals surface area contributed by atoms with Gasteiger partial charge in [-0.25, -0.2) is 4.57 Å². The minimum Gasteiger partial charge on any atom is -0.403 e. The summed E-state index contributed by atoms with van der Waals surface area (Å²) in [7, 11) is -1.03. The van der Waals surface area contributed by atoms with E-state index in [0.717, 1.165) is 22.3 Å². The lowest BCUT2D eigenvalue weighted by Crippen LogP contribution is -2.01. The number of fused-ring (bicyclic) bond motifs is 1. The first-order valence-electron chi connectivity index (χ1n) is 8.64. The molecule has 0 saturated carbocycles. The molecule has 0 aliphatic carbocycles. The summed E-state index contributed by atoms with van der Waals surface area (Å²) in [6, 6.07) is 18.5. The van der Waals surface area contributed by atoms with Gasteiger partial charge in [0.15, 0.2) is 0 Å². The number of phosphoric ester groups is 1. The van der Waals surface area contributed by atoms with Crippen LogP contribution < -0.4 is 4.52 Å². The van der Waals surface area contributed by atoms with E-state index in [9.17, 15) is 4.57 Å². The van der Waals surface area contributed by atoms with Crippen molar-refractivity contribution >= 4 is 30.7 Å². The number of benzene rings is 3. The van der Waals surface area contributed by atoms with E-state index in [2.05, 4.69) is 30.3 Å². The molecule has 0 N–H and O–H groups in total. The number of phosphoric acid groups is 1. The second kappa shape index (κ2) is 8.10. The van der Waals surface area contributed by atoms with Crippen molar-refractivity contribution in [2.24, 2.45) is 0 Å². The molecule has 3 aromatic carbocycles. The van der Waals surface area contributed by atoms with Gasteiger partial charge < -0.3 is 4.52 Å². The second-order valence-electron chi connectivity index (χ2n) is 6.27. The van der Waals surface area contributed by atoms with Gasteiger partial charge in [0.25, 0.3) is 0 Å². The van der Waals surface area contributed by atoms with Crippen molar-refractivity contribution < 1.29 is 18.1 Å². The number of aryl methyl sites for hydroxylation is 1. The molecule has 140 valence electrons. The van der Waals surface area contributed by atoms with E-state index in [0.29, 0.717) is 5.75 Å². The molecular weight excluding hydrogens is 359 g/mol. The van der Waals surface area contributed by atoms with Crippen LogP contribution in [-0.4, -0.2) is 14.2 Å². The van der Waals surface area contributed by atoms with Crippen LogP contribution >= 0.6 is 7.82 Å². The van der Waals surface area contributed by atoms with Crippen LogP contribution in [0.5, 0.6) is 5.75 Å². The molecule has 0 atom stereocenters. The Morgan fingerprint density at radius 1 is 0.852 bits per heavy atom. The van der Waals surface area contributed by atoms with Crippen LogP contribution in [0.3, 0.4) is 0 Å². The normalized spacial score (nSPS) is 12.0. The van der Waals surface area contributed by atoms with Crippen molar-refractivity contribution in [3.05, 3.63) is 76.9 Å². The van der Waals surface area contributed by atoms with E-state index >= 15 is 0 Å². The van der Waals surface area contributed by atoms with Crippen LogP contribution in [0, 0.1) is 13.8 Å². The summed E-state index contributed by atoms with van der Waals surface area (Å²) in [6.45, 7) is 3.90. The lowest BCUT2D eigenvalue weighted by atomic mass is 10.0. The lowest BCUT2D eigenvalue weighted by Gasteiger charge is -2.18. The standard InChI is InChI=1S/C22H23O4P/c1-16-9-12-20(22(17(16)2)26-27(23,24-3)25-4)14-11-18-10-13-19-7-5-6-8-21(19)15-18/h5-15H,1-4H3/b14-11+. The Bertz CT molecular complexity index is 1030. The first kappa shape index (κ1) is 19.4. The topological polar surface area (TPSA) is 44.8 Å². The minimum absolute atomic E-state index is 0.499. The van der Waals surface area contributed by atoms with E-state index in [4.69, 9.17) is 13.6 Å². The van der Waals surface area contributed by atoms with Gasteiger partial charge in [-0.15, -0.1) is 0 Å². The zero-order valence-electron chi connectivity index (χ0n) is 15.9. The van der Waals surface area contributed by atoms with Gasteiger partial charge in [-0.1, -0.05) is 60.7 Å². The fourth-order valence-corrected chi connectivity index (χ4v) is 3.59. The summed E-state index contributed by atoms with van der Waals surface area (Å²) >= 11 is 0. The van der Waals surface area contributed by atoms with Crippen LogP contribution in [-0.2, 0) is 13.6 Å². The Kier molecular flexibility index (Phi) is 5.81. The molecule has 3 aromatic rings. The maximum atomic E-state index is 12.5. The van der Waals surface area contributed by atoms with Gasteiger partial charge in [-0.3, -0.25) is 9.05 Å². The lowest BCUT2D eigenvalue weighted by molar-refractivity contribution is 0.210. The van der Waals surface area contributed by atoms with Gasteiger partial charge in [-0.05, 0) is 47.4 Å². The summed E-state index contributed by atoms with van der Waals surface area (Å²) in [4.78, 5) is 0. The monoisotopic (exact) mass is 382 g/mol. The highest BCUT2D eigenvalue weighted by molar-refractivity contribution is 7.48. The molecule has 0 spiro atoms. The maximum absolute atomic E-state index is 12.5. The summed E-state index contributed by atoms with van der Waals surface area (Å²) in [5.74, 6) is 0.499. The van der Waals surface area contributed by atoms with E-state index < -0.39 is 7.82 Å². The van der Waals surface area contributed by atoms with E-state index in [-0.39, 0.29) is 0 Å². The molecule has 5 heteroatoms. The van der Waals surface area contributed by atoms with E-state index in [1.54, 1.807) is 0 Å². The Morgan fingerprint density at radius 3 is 2.26 bits per heavy atom. The molecule has 0 aromatic heterocycles. The van der Waals surface area contributed by atoms with Crippen LogP contribution in [0.4, 0.5) is 0 Å². The van der Waals surface area contributed by atoms with Gasteiger partial charge in [0, 0.05) is 19.8 Å². The molecule has 4 nitrogen and oxygen atoms in total. The molecule has 3 rings (SSSR count). The predicted molar refractivity (Wildman–Crippen MR) is 111 cm³/mol. The predicted octanol–water partition coefficient (Wildman–Crippen LogP) is 6.41. The second-order valence-corrected chi connectivity index (χ2v) is 8.08. The molecule has 0 aliphatic heterocycles. The third-order valence-electron chi connectivity index (χ3n) is 4.59. The smallest absolute Gasteiger partial charge is 0.403 e. The van der Waals surface area contributed by atoms with E-state index in [1.807, 2.05) is 50.3 Å². The van der Waals surface area contributed by atoms with Crippen molar-refractivity contribution in [3.63, 3.8) is 0 Å². The molecule has 0 saturated heterocycles. The summed E-state index contributed by atoms with van der Waals surface area (Å²) in [5.41, 5.74) is 3.80. The summed E-state index contributed by atoms with van der Waals surface area (Å²) in [6.07, 6.45) is 3.95. The zero-order chi connectivity index (χ0) is 19.4. The van der Waals surface area contributed by atoms with Gasteiger partial charge in [0.2, 0.25) is 0 Å². The van der Waals surface area contributed by atoms with Gasteiger partial charge in [0.1, 0.15) is 5.75 Å². The van der Waals surface area contributed by atoms with Gasteiger partial charge in [-0.2, -0.15) is 0 Å². The minimum atomic E-state index is -3.64. The molecule has 0 amide bonds. The summed E-state index contributed by atoms with van der Waals surface area (Å²) in [5, 5.41) is 2.38. The Balaban J connectivity index is 1.99. The molecule has 0 heterocycles. The highest BCUT2D eigenvalue weighted by Gasteiger charge is 2.27. The molecule has 0 radical (unpaired) electrons. The maximum Gasteiger partial charge on any atom is 0.529 e. The molecule has 0 bridgehead atoms. The third kappa shape index (κ3) is 4.30. The number of hydrogen-bond donors (Lipinski definition) is 0. The third-order valence-corrected chi connectivity index (χ3v) is 5.89. The van der Waals surface area contributed by atoms with Crippen molar-refractivity contribution in [2.75, 3.05) is 14.2 Å². The Hall–Kier alpha value is -2.39. The number of rotatable bonds is 6. The Morgan fingerprint density at radius 2 is 1.56 bits per heavy atom. The van der Waals surface area contributed by atoms with Crippen molar-refractivity contribution in [3.8, 4) is 5.75 Å².